The van der Waals surface area contributed by atoms with E-state index < -0.39 is 11.2 Å². The van der Waals surface area contributed by atoms with Crippen molar-refractivity contribution in [3.8, 4) is 0 Å². The summed E-state index contributed by atoms with van der Waals surface area (Å²) >= 11 is 0. The second kappa shape index (κ2) is 11.0. The quantitative estimate of drug-likeness (QED) is 0.493. The maximum Gasteiger partial charge on any atom is 0.0982 e. The van der Waals surface area contributed by atoms with E-state index in [9.17, 15) is 10.2 Å². The third kappa shape index (κ3) is 11.5. The molecule has 2 N–H and O–H groups in total. The van der Waals surface area contributed by atoms with Crippen LogP contribution in [0.25, 0.3) is 0 Å². The normalized spacial score (nSPS) is 29.5. The first-order valence-corrected chi connectivity index (χ1v) is 5.27. The van der Waals surface area contributed by atoms with E-state index in [0.717, 1.165) is 0 Å². The highest BCUT2D eigenvalue weighted by Gasteiger charge is 2.22. The molecular formula is C13H28BO2. The van der Waals surface area contributed by atoms with Crippen LogP contribution in [0.1, 0.15) is 49.0 Å². The van der Waals surface area contributed by atoms with Gasteiger partial charge >= 0.3 is 0 Å². The predicted molar refractivity (Wildman–Crippen MR) is 74.7 cm³/mol. The SMILES string of the molecule is C.CC.CC.CC1(O)C=CC(C)(O)C=C1.[B]. The fourth-order valence-corrected chi connectivity index (χ4v) is 0.786. The Hall–Kier alpha value is -0.535. The molecule has 0 saturated heterocycles. The Morgan fingerprint density at radius 3 is 0.938 bits per heavy atom. The molecule has 0 aliphatic heterocycles. The maximum absolute atomic E-state index is 9.32. The summed E-state index contributed by atoms with van der Waals surface area (Å²) in [7, 11) is 0. The molecule has 1 aliphatic carbocycles. The third-order valence-electron chi connectivity index (χ3n) is 1.52. The lowest BCUT2D eigenvalue weighted by Gasteiger charge is -2.24. The zero-order valence-corrected chi connectivity index (χ0v) is 10.8. The highest BCUT2D eigenvalue weighted by Crippen LogP contribution is 2.20. The van der Waals surface area contributed by atoms with Gasteiger partial charge in [0.2, 0.25) is 0 Å². The van der Waals surface area contributed by atoms with Gasteiger partial charge in [-0.25, -0.2) is 0 Å². The van der Waals surface area contributed by atoms with Crippen molar-refractivity contribution in [2.75, 3.05) is 0 Å². The zero-order valence-electron chi connectivity index (χ0n) is 10.8. The third-order valence-corrected chi connectivity index (χ3v) is 1.52. The molecule has 0 atom stereocenters. The van der Waals surface area contributed by atoms with Crippen molar-refractivity contribution in [2.24, 2.45) is 0 Å². The van der Waals surface area contributed by atoms with E-state index in [1.807, 2.05) is 27.7 Å². The molecule has 3 radical (unpaired) electrons. The van der Waals surface area contributed by atoms with Gasteiger partial charge in [0, 0.05) is 8.41 Å². The lowest BCUT2D eigenvalue weighted by molar-refractivity contribution is 0.128. The van der Waals surface area contributed by atoms with Gasteiger partial charge in [-0.05, 0) is 13.8 Å². The second-order valence-corrected chi connectivity index (χ2v) is 3.12. The Kier molecular flexibility index (Phi) is 16.9. The van der Waals surface area contributed by atoms with Crippen molar-refractivity contribution in [1.29, 1.82) is 0 Å². The average molecular weight is 227 g/mol. The van der Waals surface area contributed by atoms with Crippen LogP contribution in [-0.2, 0) is 0 Å². The molecule has 1 rings (SSSR count). The summed E-state index contributed by atoms with van der Waals surface area (Å²) in [6.45, 7) is 11.3. The topological polar surface area (TPSA) is 40.5 Å². The van der Waals surface area contributed by atoms with Gasteiger partial charge in [0.25, 0.3) is 0 Å². The van der Waals surface area contributed by atoms with Gasteiger partial charge in [-0.1, -0.05) is 59.4 Å². The largest absolute Gasteiger partial charge is 0.382 e. The summed E-state index contributed by atoms with van der Waals surface area (Å²) in [5.74, 6) is 0. The summed E-state index contributed by atoms with van der Waals surface area (Å²) in [5, 5.41) is 18.6. The molecule has 0 heterocycles. The Bertz CT molecular complexity index is 156. The van der Waals surface area contributed by atoms with Gasteiger partial charge in [-0.15, -0.1) is 0 Å². The molecule has 0 bridgehead atoms. The van der Waals surface area contributed by atoms with E-state index in [-0.39, 0.29) is 15.8 Å². The van der Waals surface area contributed by atoms with Crippen molar-refractivity contribution in [1.82, 2.24) is 0 Å². The Morgan fingerprint density at radius 1 is 0.688 bits per heavy atom. The first-order valence-electron chi connectivity index (χ1n) is 5.27. The van der Waals surface area contributed by atoms with E-state index in [1.54, 1.807) is 38.2 Å². The van der Waals surface area contributed by atoms with Gasteiger partial charge in [-0.3, -0.25) is 0 Å². The lowest BCUT2D eigenvalue weighted by Crippen LogP contribution is -2.28. The second-order valence-electron chi connectivity index (χ2n) is 3.12. The van der Waals surface area contributed by atoms with Crippen molar-refractivity contribution in [3.05, 3.63) is 24.3 Å². The molecule has 0 aromatic heterocycles. The average Bonchev–Trinajstić information content (AvgIpc) is 2.18. The van der Waals surface area contributed by atoms with Gasteiger partial charge in [0.1, 0.15) is 0 Å². The van der Waals surface area contributed by atoms with Crippen molar-refractivity contribution in [3.63, 3.8) is 0 Å². The standard InChI is InChI=1S/C8H12O2.2C2H6.CH4.B/c1-7(9)3-5-8(2,10)6-4-7;2*1-2;;/h3-6,9-10H,1-2H3;2*1-2H3;1H4;. The van der Waals surface area contributed by atoms with Crippen LogP contribution in [0.4, 0.5) is 0 Å². The molecule has 1 aliphatic rings. The summed E-state index contributed by atoms with van der Waals surface area (Å²) in [6.07, 6.45) is 6.31. The minimum absolute atomic E-state index is 0. The van der Waals surface area contributed by atoms with E-state index >= 15 is 0 Å². The van der Waals surface area contributed by atoms with Crippen LogP contribution in [0.3, 0.4) is 0 Å². The molecule has 0 fully saturated rings. The molecule has 0 amide bonds. The minimum Gasteiger partial charge on any atom is -0.382 e. The number of rotatable bonds is 0. The van der Waals surface area contributed by atoms with Crippen LogP contribution >= 0.6 is 0 Å². The van der Waals surface area contributed by atoms with Gasteiger partial charge in [0.15, 0.2) is 0 Å². The van der Waals surface area contributed by atoms with Crippen molar-refractivity contribution < 1.29 is 10.2 Å². The van der Waals surface area contributed by atoms with Gasteiger partial charge < -0.3 is 10.2 Å². The van der Waals surface area contributed by atoms with E-state index in [0.29, 0.717) is 0 Å². The number of hydrogen-bond acceptors (Lipinski definition) is 2. The molecule has 3 heteroatoms. The summed E-state index contributed by atoms with van der Waals surface area (Å²) in [4.78, 5) is 0. The van der Waals surface area contributed by atoms with Crippen LogP contribution in [0, 0.1) is 0 Å². The number of hydrogen-bond donors (Lipinski definition) is 2. The summed E-state index contributed by atoms with van der Waals surface area (Å²) < 4.78 is 0. The van der Waals surface area contributed by atoms with Gasteiger partial charge in [0.05, 0.1) is 11.2 Å². The Labute approximate surface area is 104 Å². The van der Waals surface area contributed by atoms with E-state index in [2.05, 4.69) is 0 Å². The molecular weight excluding hydrogens is 199 g/mol. The van der Waals surface area contributed by atoms with Crippen LogP contribution in [0.15, 0.2) is 24.3 Å². The smallest absolute Gasteiger partial charge is 0.0982 e. The molecule has 0 aromatic carbocycles. The van der Waals surface area contributed by atoms with E-state index in [1.165, 1.54) is 0 Å². The fourth-order valence-electron chi connectivity index (χ4n) is 0.786. The van der Waals surface area contributed by atoms with Crippen molar-refractivity contribution in [2.45, 2.75) is 60.2 Å². The molecule has 0 unspecified atom stereocenters. The summed E-state index contributed by atoms with van der Waals surface area (Å²) in [6, 6.07) is 0. The van der Waals surface area contributed by atoms with Crippen LogP contribution in [0.5, 0.6) is 0 Å². The molecule has 2 nitrogen and oxygen atoms in total. The van der Waals surface area contributed by atoms with Crippen LogP contribution in [-0.4, -0.2) is 29.8 Å². The Morgan fingerprint density at radius 2 is 0.812 bits per heavy atom. The molecule has 0 aromatic rings. The highest BCUT2D eigenvalue weighted by molar-refractivity contribution is 5.75. The van der Waals surface area contributed by atoms with Crippen LogP contribution in [0.2, 0.25) is 0 Å². The molecule has 0 saturated carbocycles. The lowest BCUT2D eigenvalue weighted by atomic mass is 9.92. The first-order chi connectivity index (χ1) is 6.41. The predicted octanol–water partition coefficient (Wildman–Crippen LogP) is 2.92. The molecule has 16 heavy (non-hydrogen) atoms. The molecule has 95 valence electrons. The highest BCUT2D eigenvalue weighted by atomic mass is 16.3. The van der Waals surface area contributed by atoms with E-state index in [4.69, 9.17) is 0 Å². The zero-order chi connectivity index (χ0) is 11.8. The Balaban J connectivity index is -0.000000109. The van der Waals surface area contributed by atoms with Crippen LogP contribution < -0.4 is 0 Å². The molecule has 0 spiro atoms. The minimum atomic E-state index is -0.887. The fraction of sp³-hybridized carbons (Fsp3) is 0.692. The number of aliphatic hydroxyl groups is 2. The summed E-state index contributed by atoms with van der Waals surface area (Å²) in [5.41, 5.74) is -1.77. The monoisotopic (exact) mass is 227 g/mol. The van der Waals surface area contributed by atoms with Gasteiger partial charge in [-0.2, -0.15) is 0 Å². The van der Waals surface area contributed by atoms with Crippen molar-refractivity contribution >= 4 is 8.41 Å². The first kappa shape index (κ1) is 24.6. The maximum atomic E-state index is 9.32.